The Morgan fingerprint density at radius 1 is 1.25 bits per heavy atom. The minimum absolute atomic E-state index is 0.0808. The third-order valence-electron chi connectivity index (χ3n) is 3.34. The molecule has 7 heteroatoms. The van der Waals surface area contributed by atoms with Crippen molar-refractivity contribution in [1.29, 1.82) is 0 Å². The van der Waals surface area contributed by atoms with Crippen molar-refractivity contribution in [3.63, 3.8) is 0 Å². The molecule has 2 rings (SSSR count). The molecule has 0 spiro atoms. The minimum atomic E-state index is -3.51. The summed E-state index contributed by atoms with van der Waals surface area (Å²) >= 11 is 2.07. The van der Waals surface area contributed by atoms with Gasteiger partial charge in [-0.3, -0.25) is 4.79 Å². The number of benzene rings is 1. The average Bonchev–Trinajstić information content (AvgIpc) is 2.92. The van der Waals surface area contributed by atoms with Crippen LogP contribution in [0, 0.1) is 3.57 Å². The molecule has 1 heterocycles. The highest BCUT2D eigenvalue weighted by atomic mass is 127. The maximum Gasteiger partial charge on any atom is 0.254 e. The van der Waals surface area contributed by atoms with Gasteiger partial charge in [0.15, 0.2) is 0 Å². The second-order valence-electron chi connectivity index (χ2n) is 4.93. The van der Waals surface area contributed by atoms with Gasteiger partial charge in [0.25, 0.3) is 5.91 Å². The Hall–Kier alpha value is -0.670. The SMILES string of the molecule is CN(C)S(=O)(=O)c1ccc(I)c(C(=O)N2CCCC2)c1. The number of sulfonamides is 1. The molecule has 0 unspecified atom stereocenters. The van der Waals surface area contributed by atoms with Crippen LogP contribution in [0.1, 0.15) is 23.2 Å². The maximum atomic E-state index is 12.4. The lowest BCUT2D eigenvalue weighted by Gasteiger charge is -2.18. The molecule has 110 valence electrons. The topological polar surface area (TPSA) is 57.7 Å². The van der Waals surface area contributed by atoms with Crippen molar-refractivity contribution >= 4 is 38.5 Å². The summed E-state index contributed by atoms with van der Waals surface area (Å²) in [6.45, 7) is 1.50. The molecule has 0 radical (unpaired) electrons. The molecular weight excluding hydrogens is 391 g/mol. The maximum absolute atomic E-state index is 12.4. The van der Waals surface area contributed by atoms with Crippen molar-refractivity contribution in [3.05, 3.63) is 27.3 Å². The zero-order valence-electron chi connectivity index (χ0n) is 11.5. The fourth-order valence-corrected chi connectivity index (χ4v) is 3.62. The molecule has 1 aromatic carbocycles. The molecule has 1 aliphatic rings. The van der Waals surface area contributed by atoms with Crippen LogP contribution in [0.5, 0.6) is 0 Å². The summed E-state index contributed by atoms with van der Waals surface area (Å²) in [5.41, 5.74) is 0.468. The van der Waals surface area contributed by atoms with Crippen LogP contribution >= 0.6 is 22.6 Å². The van der Waals surface area contributed by atoms with Gasteiger partial charge in [-0.05, 0) is 53.6 Å². The summed E-state index contributed by atoms with van der Waals surface area (Å²) in [6.07, 6.45) is 2.02. The zero-order valence-corrected chi connectivity index (χ0v) is 14.4. The van der Waals surface area contributed by atoms with Gasteiger partial charge in [-0.15, -0.1) is 0 Å². The Bertz CT molecular complexity index is 623. The van der Waals surface area contributed by atoms with E-state index < -0.39 is 10.0 Å². The lowest BCUT2D eigenvalue weighted by molar-refractivity contribution is 0.0791. The van der Waals surface area contributed by atoms with Crippen LogP contribution in [0.25, 0.3) is 0 Å². The van der Waals surface area contributed by atoms with Gasteiger partial charge in [-0.1, -0.05) is 0 Å². The highest BCUT2D eigenvalue weighted by Gasteiger charge is 2.24. The van der Waals surface area contributed by atoms with Crippen molar-refractivity contribution < 1.29 is 13.2 Å². The van der Waals surface area contributed by atoms with E-state index >= 15 is 0 Å². The van der Waals surface area contributed by atoms with Gasteiger partial charge < -0.3 is 4.90 Å². The van der Waals surface area contributed by atoms with E-state index in [2.05, 4.69) is 22.6 Å². The summed E-state index contributed by atoms with van der Waals surface area (Å²) in [6, 6.07) is 4.70. The molecule has 1 amide bonds. The van der Waals surface area contributed by atoms with Gasteiger partial charge in [0.1, 0.15) is 0 Å². The zero-order chi connectivity index (χ0) is 14.9. The summed E-state index contributed by atoms with van der Waals surface area (Å²) < 4.78 is 26.2. The first-order chi connectivity index (χ1) is 9.34. The van der Waals surface area contributed by atoms with Crippen LogP contribution < -0.4 is 0 Å². The molecule has 0 N–H and O–H groups in total. The third kappa shape index (κ3) is 2.99. The standard InChI is InChI=1S/C13H17IN2O3S/c1-15(2)20(18,19)10-5-6-12(14)11(9-10)13(17)16-7-3-4-8-16/h5-6,9H,3-4,7-8H2,1-2H3. The van der Waals surface area contributed by atoms with Crippen LogP contribution in [0.3, 0.4) is 0 Å². The lowest BCUT2D eigenvalue weighted by Crippen LogP contribution is -2.29. The second kappa shape index (κ2) is 5.98. The smallest absolute Gasteiger partial charge is 0.254 e. The Morgan fingerprint density at radius 3 is 2.40 bits per heavy atom. The van der Waals surface area contributed by atoms with E-state index in [9.17, 15) is 13.2 Å². The first-order valence-electron chi connectivity index (χ1n) is 6.35. The Kier molecular flexibility index (Phi) is 4.70. The average molecular weight is 408 g/mol. The molecule has 0 bridgehead atoms. The van der Waals surface area contributed by atoms with Gasteiger partial charge in [-0.2, -0.15) is 0 Å². The number of halogens is 1. The number of nitrogens with zero attached hydrogens (tertiary/aromatic N) is 2. The predicted molar refractivity (Wildman–Crippen MR) is 85.2 cm³/mol. The van der Waals surface area contributed by atoms with Gasteiger partial charge >= 0.3 is 0 Å². The van der Waals surface area contributed by atoms with E-state index in [1.165, 1.54) is 26.2 Å². The number of carbonyl (C=O) groups is 1. The number of hydrogen-bond acceptors (Lipinski definition) is 3. The monoisotopic (exact) mass is 408 g/mol. The molecule has 0 aromatic heterocycles. The quantitative estimate of drug-likeness (QED) is 0.717. The molecule has 1 saturated heterocycles. The van der Waals surface area contributed by atoms with Crippen LogP contribution in [0.4, 0.5) is 0 Å². The van der Waals surface area contributed by atoms with Gasteiger partial charge in [0.2, 0.25) is 10.0 Å². The van der Waals surface area contributed by atoms with Gasteiger partial charge in [0, 0.05) is 30.8 Å². The first-order valence-corrected chi connectivity index (χ1v) is 8.87. The van der Waals surface area contributed by atoms with Gasteiger partial charge in [0.05, 0.1) is 10.5 Å². The number of rotatable bonds is 3. The van der Waals surface area contributed by atoms with E-state index in [1.807, 2.05) is 0 Å². The highest BCUT2D eigenvalue weighted by molar-refractivity contribution is 14.1. The molecule has 0 saturated carbocycles. The van der Waals surface area contributed by atoms with E-state index in [1.54, 1.807) is 11.0 Å². The van der Waals surface area contributed by atoms with Crippen molar-refractivity contribution in [3.8, 4) is 0 Å². The fraction of sp³-hybridized carbons (Fsp3) is 0.462. The normalized spacial score (nSPS) is 15.9. The Balaban J connectivity index is 2.41. The Labute approximate surface area is 133 Å². The van der Waals surface area contributed by atoms with Crippen LogP contribution in [0.15, 0.2) is 23.1 Å². The van der Waals surface area contributed by atoms with Crippen LogP contribution in [-0.2, 0) is 10.0 Å². The molecule has 1 fully saturated rings. The van der Waals surface area contributed by atoms with E-state index in [0.717, 1.165) is 33.8 Å². The molecule has 20 heavy (non-hydrogen) atoms. The summed E-state index contributed by atoms with van der Waals surface area (Å²) in [4.78, 5) is 14.4. The van der Waals surface area contributed by atoms with Crippen molar-refractivity contribution in [2.24, 2.45) is 0 Å². The summed E-state index contributed by atoms with van der Waals surface area (Å²) in [7, 11) is -0.551. The highest BCUT2D eigenvalue weighted by Crippen LogP contribution is 2.22. The molecule has 5 nitrogen and oxygen atoms in total. The minimum Gasteiger partial charge on any atom is -0.339 e. The predicted octanol–water partition coefficient (Wildman–Crippen LogP) is 1.78. The van der Waals surface area contributed by atoms with E-state index in [0.29, 0.717) is 5.56 Å². The second-order valence-corrected chi connectivity index (χ2v) is 8.24. The third-order valence-corrected chi connectivity index (χ3v) is 6.09. The summed E-state index contributed by atoms with van der Waals surface area (Å²) in [5.74, 6) is -0.0808. The summed E-state index contributed by atoms with van der Waals surface area (Å²) in [5, 5.41) is 0. The van der Waals surface area contributed by atoms with Crippen LogP contribution in [-0.4, -0.2) is 50.7 Å². The number of likely N-dealkylation sites (tertiary alicyclic amines) is 1. The largest absolute Gasteiger partial charge is 0.339 e. The van der Waals surface area contributed by atoms with Gasteiger partial charge in [-0.25, -0.2) is 12.7 Å². The number of hydrogen-bond donors (Lipinski definition) is 0. The molecule has 1 aromatic rings. The first kappa shape index (κ1) is 15.7. The van der Waals surface area contributed by atoms with Crippen molar-refractivity contribution in [1.82, 2.24) is 9.21 Å². The number of amides is 1. The van der Waals surface area contributed by atoms with E-state index in [4.69, 9.17) is 0 Å². The molecule has 0 aliphatic carbocycles. The molecule has 0 atom stereocenters. The van der Waals surface area contributed by atoms with Crippen molar-refractivity contribution in [2.45, 2.75) is 17.7 Å². The lowest BCUT2D eigenvalue weighted by atomic mass is 10.2. The molecular formula is C13H17IN2O3S. The molecule has 1 aliphatic heterocycles. The Morgan fingerprint density at radius 2 is 1.85 bits per heavy atom. The van der Waals surface area contributed by atoms with Crippen molar-refractivity contribution in [2.75, 3.05) is 27.2 Å². The van der Waals surface area contributed by atoms with E-state index in [-0.39, 0.29) is 10.8 Å². The fourth-order valence-electron chi connectivity index (χ4n) is 2.13. The van der Waals surface area contributed by atoms with Crippen LogP contribution in [0.2, 0.25) is 0 Å². The number of carbonyl (C=O) groups excluding carboxylic acids is 1.